The van der Waals surface area contributed by atoms with Crippen molar-refractivity contribution in [3.8, 4) is 5.75 Å². The standard InChI is InChI=1S/C18H22N4O2/c1-19-17(23)18(16-12-20-9-10-21-16)8-3-11-22(18)13-14-4-6-15(24-2)7-5-14/h4-7,9-10,12H,3,8,11,13H2,1-2H3,(H,19,23). The van der Waals surface area contributed by atoms with Gasteiger partial charge in [-0.15, -0.1) is 0 Å². The predicted octanol–water partition coefficient (Wildman–Crippen LogP) is 1.72. The van der Waals surface area contributed by atoms with Gasteiger partial charge in [-0.3, -0.25) is 19.7 Å². The predicted molar refractivity (Wildman–Crippen MR) is 90.4 cm³/mol. The smallest absolute Gasteiger partial charge is 0.246 e. The van der Waals surface area contributed by atoms with E-state index in [1.807, 2.05) is 24.3 Å². The van der Waals surface area contributed by atoms with Crippen molar-refractivity contribution in [2.75, 3.05) is 20.7 Å². The van der Waals surface area contributed by atoms with E-state index in [1.54, 1.807) is 32.7 Å². The van der Waals surface area contributed by atoms with Gasteiger partial charge in [0.1, 0.15) is 11.3 Å². The second-order valence-corrected chi connectivity index (χ2v) is 5.90. The Labute approximate surface area is 141 Å². The van der Waals surface area contributed by atoms with E-state index in [-0.39, 0.29) is 5.91 Å². The van der Waals surface area contributed by atoms with Crippen molar-refractivity contribution in [2.45, 2.75) is 24.9 Å². The van der Waals surface area contributed by atoms with Crippen LogP contribution in [0.3, 0.4) is 0 Å². The summed E-state index contributed by atoms with van der Waals surface area (Å²) in [6.45, 7) is 1.52. The Hall–Kier alpha value is -2.47. The molecule has 1 atom stereocenters. The van der Waals surface area contributed by atoms with Crippen LogP contribution in [0.25, 0.3) is 0 Å². The zero-order valence-electron chi connectivity index (χ0n) is 14.0. The highest BCUT2D eigenvalue weighted by Gasteiger charge is 2.49. The molecule has 1 aromatic heterocycles. The number of ether oxygens (including phenoxy) is 1. The highest BCUT2D eigenvalue weighted by Crippen LogP contribution is 2.39. The van der Waals surface area contributed by atoms with Crippen LogP contribution >= 0.6 is 0 Å². The third kappa shape index (κ3) is 2.85. The van der Waals surface area contributed by atoms with Gasteiger partial charge < -0.3 is 10.1 Å². The van der Waals surface area contributed by atoms with Crippen LogP contribution in [-0.4, -0.2) is 41.5 Å². The summed E-state index contributed by atoms with van der Waals surface area (Å²) in [4.78, 5) is 23.6. The maximum absolute atomic E-state index is 12.8. The number of benzene rings is 1. The summed E-state index contributed by atoms with van der Waals surface area (Å²) in [6.07, 6.45) is 6.65. The first-order chi connectivity index (χ1) is 11.7. The quantitative estimate of drug-likeness (QED) is 0.906. The van der Waals surface area contributed by atoms with E-state index < -0.39 is 5.54 Å². The molecule has 6 nitrogen and oxygen atoms in total. The van der Waals surface area contributed by atoms with E-state index in [9.17, 15) is 4.79 Å². The van der Waals surface area contributed by atoms with Crippen LogP contribution in [-0.2, 0) is 16.9 Å². The van der Waals surface area contributed by atoms with Crippen molar-refractivity contribution in [2.24, 2.45) is 0 Å². The molecular formula is C18H22N4O2. The molecule has 1 aliphatic rings. The van der Waals surface area contributed by atoms with Gasteiger partial charge in [0.25, 0.3) is 0 Å². The van der Waals surface area contributed by atoms with E-state index in [0.717, 1.165) is 30.7 Å². The molecule has 2 heterocycles. The normalized spacial score (nSPS) is 20.8. The minimum absolute atomic E-state index is 0.0333. The molecule has 6 heteroatoms. The molecule has 0 aliphatic carbocycles. The van der Waals surface area contributed by atoms with Gasteiger partial charge in [0, 0.05) is 26.0 Å². The molecule has 126 valence electrons. The number of rotatable bonds is 5. The molecule has 2 aromatic rings. The fraction of sp³-hybridized carbons (Fsp3) is 0.389. The molecule has 0 saturated carbocycles. The summed E-state index contributed by atoms with van der Waals surface area (Å²) in [5.41, 5.74) is 1.08. The lowest BCUT2D eigenvalue weighted by Crippen LogP contribution is -2.52. The van der Waals surface area contributed by atoms with Crippen molar-refractivity contribution in [3.63, 3.8) is 0 Å². The highest BCUT2D eigenvalue weighted by atomic mass is 16.5. The van der Waals surface area contributed by atoms with Gasteiger partial charge in [0.2, 0.25) is 5.91 Å². The number of hydrogen-bond donors (Lipinski definition) is 1. The second kappa shape index (κ2) is 6.97. The summed E-state index contributed by atoms with van der Waals surface area (Å²) in [6, 6.07) is 7.94. The van der Waals surface area contributed by atoms with Gasteiger partial charge in [0.05, 0.1) is 19.0 Å². The van der Waals surface area contributed by atoms with E-state index in [0.29, 0.717) is 12.2 Å². The number of amides is 1. The molecule has 0 bridgehead atoms. The molecule has 0 spiro atoms. The summed E-state index contributed by atoms with van der Waals surface area (Å²) < 4.78 is 5.21. The number of carbonyl (C=O) groups is 1. The number of likely N-dealkylation sites (N-methyl/N-ethyl adjacent to an activating group) is 1. The van der Waals surface area contributed by atoms with E-state index in [2.05, 4.69) is 20.2 Å². The van der Waals surface area contributed by atoms with Crippen molar-refractivity contribution in [1.29, 1.82) is 0 Å². The number of likely N-dealkylation sites (tertiary alicyclic amines) is 1. The highest BCUT2D eigenvalue weighted by molar-refractivity contribution is 5.87. The Morgan fingerprint density at radius 1 is 1.33 bits per heavy atom. The monoisotopic (exact) mass is 326 g/mol. The molecule has 1 N–H and O–H groups in total. The minimum atomic E-state index is -0.761. The second-order valence-electron chi connectivity index (χ2n) is 5.90. The first kappa shape index (κ1) is 16.4. The molecule has 24 heavy (non-hydrogen) atoms. The molecule has 3 rings (SSSR count). The van der Waals surface area contributed by atoms with Gasteiger partial charge in [-0.2, -0.15) is 0 Å². The maximum Gasteiger partial charge on any atom is 0.246 e. The molecule has 1 aliphatic heterocycles. The number of hydrogen-bond acceptors (Lipinski definition) is 5. The third-order valence-corrected chi connectivity index (χ3v) is 4.63. The average molecular weight is 326 g/mol. The summed E-state index contributed by atoms with van der Waals surface area (Å²) >= 11 is 0. The Kier molecular flexibility index (Phi) is 4.76. The maximum atomic E-state index is 12.8. The molecule has 1 fully saturated rings. The lowest BCUT2D eigenvalue weighted by Gasteiger charge is -2.36. The molecule has 1 unspecified atom stereocenters. The molecular weight excluding hydrogens is 304 g/mol. The van der Waals surface area contributed by atoms with E-state index in [4.69, 9.17) is 4.74 Å². The zero-order valence-corrected chi connectivity index (χ0v) is 14.0. The molecule has 1 saturated heterocycles. The van der Waals surface area contributed by atoms with Crippen LogP contribution in [0.15, 0.2) is 42.9 Å². The van der Waals surface area contributed by atoms with Crippen LogP contribution in [0.5, 0.6) is 5.75 Å². The lowest BCUT2D eigenvalue weighted by atomic mass is 9.90. The van der Waals surface area contributed by atoms with E-state index in [1.165, 1.54) is 0 Å². The fourth-order valence-electron chi connectivity index (χ4n) is 3.42. The number of carbonyl (C=O) groups excluding carboxylic acids is 1. The summed E-state index contributed by atoms with van der Waals surface area (Å²) in [5, 5.41) is 2.81. The number of nitrogens with zero attached hydrogens (tertiary/aromatic N) is 3. The SMILES string of the molecule is CNC(=O)C1(c2cnccn2)CCCN1Cc1ccc(OC)cc1. The molecule has 1 aromatic carbocycles. The topological polar surface area (TPSA) is 67.4 Å². The Morgan fingerprint density at radius 3 is 2.75 bits per heavy atom. The average Bonchev–Trinajstić information content (AvgIpc) is 3.07. The Morgan fingerprint density at radius 2 is 2.12 bits per heavy atom. The van der Waals surface area contributed by atoms with Gasteiger partial charge in [-0.1, -0.05) is 12.1 Å². The summed E-state index contributed by atoms with van der Waals surface area (Å²) in [7, 11) is 3.32. The summed E-state index contributed by atoms with van der Waals surface area (Å²) in [5.74, 6) is 0.792. The molecule has 1 amide bonds. The van der Waals surface area contributed by atoms with E-state index >= 15 is 0 Å². The first-order valence-electron chi connectivity index (χ1n) is 8.07. The lowest BCUT2D eigenvalue weighted by molar-refractivity contribution is -0.132. The zero-order chi connectivity index (χ0) is 17.0. The van der Waals surface area contributed by atoms with Crippen LogP contribution in [0.2, 0.25) is 0 Å². The van der Waals surface area contributed by atoms with Crippen LogP contribution in [0.4, 0.5) is 0 Å². The largest absolute Gasteiger partial charge is 0.497 e. The Balaban J connectivity index is 1.93. The fourth-order valence-corrected chi connectivity index (χ4v) is 3.42. The van der Waals surface area contributed by atoms with Gasteiger partial charge in [-0.05, 0) is 37.1 Å². The van der Waals surface area contributed by atoms with Crippen molar-refractivity contribution < 1.29 is 9.53 Å². The third-order valence-electron chi connectivity index (χ3n) is 4.63. The van der Waals surface area contributed by atoms with Gasteiger partial charge >= 0.3 is 0 Å². The van der Waals surface area contributed by atoms with Crippen LogP contribution < -0.4 is 10.1 Å². The molecule has 0 radical (unpaired) electrons. The first-order valence-corrected chi connectivity index (χ1v) is 8.07. The van der Waals surface area contributed by atoms with Crippen LogP contribution in [0.1, 0.15) is 24.1 Å². The number of nitrogens with one attached hydrogen (secondary N) is 1. The Bertz CT molecular complexity index is 690. The van der Waals surface area contributed by atoms with Crippen molar-refractivity contribution in [1.82, 2.24) is 20.2 Å². The van der Waals surface area contributed by atoms with Crippen LogP contribution in [0, 0.1) is 0 Å². The number of methoxy groups -OCH3 is 1. The number of aromatic nitrogens is 2. The van der Waals surface area contributed by atoms with Gasteiger partial charge in [-0.25, -0.2) is 0 Å². The van der Waals surface area contributed by atoms with Crippen molar-refractivity contribution in [3.05, 3.63) is 54.1 Å². The van der Waals surface area contributed by atoms with Crippen molar-refractivity contribution >= 4 is 5.91 Å². The van der Waals surface area contributed by atoms with Gasteiger partial charge in [0.15, 0.2) is 0 Å². The minimum Gasteiger partial charge on any atom is -0.497 e.